The number of amides is 1. The highest BCUT2D eigenvalue weighted by molar-refractivity contribution is 9.11. The van der Waals surface area contributed by atoms with Crippen LogP contribution in [0.15, 0.2) is 27.1 Å². The summed E-state index contributed by atoms with van der Waals surface area (Å²) in [5.41, 5.74) is 6.50. The van der Waals surface area contributed by atoms with Crippen LogP contribution in [0.4, 0.5) is 5.69 Å². The number of carbonyl (C=O) groups is 1. The van der Waals surface area contributed by atoms with Gasteiger partial charge in [0.2, 0.25) is 5.91 Å². The minimum atomic E-state index is 0.0116. The zero-order chi connectivity index (χ0) is 14.7. The Morgan fingerprint density at radius 2 is 2.25 bits per heavy atom. The van der Waals surface area contributed by atoms with E-state index in [1.165, 1.54) is 0 Å². The van der Waals surface area contributed by atoms with Crippen molar-refractivity contribution in [3.63, 3.8) is 0 Å². The summed E-state index contributed by atoms with van der Waals surface area (Å²) in [6.07, 6.45) is 1.08. The molecule has 1 heterocycles. The molecule has 1 aliphatic rings. The van der Waals surface area contributed by atoms with Crippen LogP contribution in [-0.4, -0.2) is 36.5 Å². The van der Waals surface area contributed by atoms with E-state index < -0.39 is 0 Å². The first-order valence-electron chi connectivity index (χ1n) is 6.68. The molecule has 2 atom stereocenters. The summed E-state index contributed by atoms with van der Waals surface area (Å²) in [5.74, 6) is 0.523. The van der Waals surface area contributed by atoms with Gasteiger partial charge in [-0.05, 0) is 59.9 Å². The largest absolute Gasteiger partial charge is 0.330 e. The molecule has 0 bridgehead atoms. The lowest BCUT2D eigenvalue weighted by Gasteiger charge is -2.20. The van der Waals surface area contributed by atoms with Crippen molar-refractivity contribution in [2.75, 3.05) is 25.0 Å². The third-order valence-corrected chi connectivity index (χ3v) is 4.83. The number of nitrogens with one attached hydrogen (secondary N) is 1. The van der Waals surface area contributed by atoms with Crippen molar-refractivity contribution in [2.45, 2.75) is 19.4 Å². The quantitative estimate of drug-likeness (QED) is 0.811. The number of halogens is 2. The Labute approximate surface area is 136 Å². The summed E-state index contributed by atoms with van der Waals surface area (Å²) in [5, 5.41) is 2.94. The van der Waals surface area contributed by atoms with Gasteiger partial charge in [0.25, 0.3) is 0 Å². The standard InChI is InChI=1S/C14H19Br2N3O/c1-9-4-10(6-17)7-19(9)8-14(20)18-13-3-2-11(15)5-12(13)16/h2-3,5,9-10H,4,6-8,17H2,1H3,(H,18,20). The van der Waals surface area contributed by atoms with Gasteiger partial charge in [0.05, 0.1) is 12.2 Å². The fourth-order valence-electron chi connectivity index (χ4n) is 2.57. The molecule has 1 amide bonds. The molecule has 2 rings (SSSR count). The van der Waals surface area contributed by atoms with E-state index in [9.17, 15) is 4.79 Å². The van der Waals surface area contributed by atoms with Crippen LogP contribution in [0, 0.1) is 5.92 Å². The minimum absolute atomic E-state index is 0.0116. The minimum Gasteiger partial charge on any atom is -0.330 e. The Morgan fingerprint density at radius 1 is 1.50 bits per heavy atom. The van der Waals surface area contributed by atoms with E-state index in [1.807, 2.05) is 18.2 Å². The molecule has 0 aliphatic carbocycles. The van der Waals surface area contributed by atoms with Gasteiger partial charge in [0, 0.05) is 21.5 Å². The van der Waals surface area contributed by atoms with E-state index in [4.69, 9.17) is 5.73 Å². The third-order valence-electron chi connectivity index (χ3n) is 3.68. The molecule has 4 nitrogen and oxygen atoms in total. The van der Waals surface area contributed by atoms with E-state index in [1.54, 1.807) is 0 Å². The molecule has 1 aromatic rings. The van der Waals surface area contributed by atoms with E-state index in [0.717, 1.165) is 27.6 Å². The van der Waals surface area contributed by atoms with Crippen molar-refractivity contribution in [3.8, 4) is 0 Å². The molecule has 1 fully saturated rings. The van der Waals surface area contributed by atoms with Crippen LogP contribution in [0.2, 0.25) is 0 Å². The Kier molecular flexibility index (Phi) is 5.60. The number of anilines is 1. The highest BCUT2D eigenvalue weighted by atomic mass is 79.9. The van der Waals surface area contributed by atoms with Crippen molar-refractivity contribution in [3.05, 3.63) is 27.1 Å². The normalized spacial score (nSPS) is 23.0. The first-order valence-corrected chi connectivity index (χ1v) is 8.27. The zero-order valence-corrected chi connectivity index (χ0v) is 14.6. The van der Waals surface area contributed by atoms with Crippen LogP contribution in [0.1, 0.15) is 13.3 Å². The first kappa shape index (κ1) is 15.9. The fourth-order valence-corrected chi connectivity index (χ4v) is 3.72. The molecular weight excluding hydrogens is 386 g/mol. The summed E-state index contributed by atoms with van der Waals surface area (Å²) >= 11 is 6.84. The monoisotopic (exact) mass is 403 g/mol. The van der Waals surface area contributed by atoms with Gasteiger partial charge >= 0.3 is 0 Å². The molecule has 0 radical (unpaired) electrons. The molecule has 0 aromatic heterocycles. The number of hydrogen-bond acceptors (Lipinski definition) is 3. The second-order valence-electron chi connectivity index (χ2n) is 5.29. The van der Waals surface area contributed by atoms with Crippen molar-refractivity contribution < 1.29 is 4.79 Å². The molecule has 1 saturated heterocycles. The van der Waals surface area contributed by atoms with Gasteiger partial charge in [-0.15, -0.1) is 0 Å². The molecule has 1 aliphatic heterocycles. The number of likely N-dealkylation sites (tertiary alicyclic amines) is 1. The van der Waals surface area contributed by atoms with Crippen molar-refractivity contribution >= 4 is 43.5 Å². The van der Waals surface area contributed by atoms with Crippen LogP contribution in [0.5, 0.6) is 0 Å². The maximum absolute atomic E-state index is 12.1. The van der Waals surface area contributed by atoms with Gasteiger partial charge in [0.1, 0.15) is 0 Å². The maximum Gasteiger partial charge on any atom is 0.238 e. The maximum atomic E-state index is 12.1. The third kappa shape index (κ3) is 4.04. The summed E-state index contributed by atoms with van der Waals surface area (Å²) in [7, 11) is 0. The Bertz CT molecular complexity index is 495. The van der Waals surface area contributed by atoms with E-state index in [2.05, 4.69) is 49.0 Å². The predicted molar refractivity (Wildman–Crippen MR) is 88.7 cm³/mol. The molecule has 0 spiro atoms. The Morgan fingerprint density at radius 3 is 2.85 bits per heavy atom. The van der Waals surface area contributed by atoms with Crippen molar-refractivity contribution in [1.29, 1.82) is 0 Å². The summed E-state index contributed by atoms with van der Waals surface area (Å²) in [6.45, 7) is 4.17. The lowest BCUT2D eigenvalue weighted by Crippen LogP contribution is -2.36. The number of benzene rings is 1. The Balaban J connectivity index is 1.92. The van der Waals surface area contributed by atoms with Crippen molar-refractivity contribution in [2.24, 2.45) is 11.7 Å². The number of nitrogens with zero attached hydrogens (tertiary/aromatic N) is 1. The highest BCUT2D eigenvalue weighted by Gasteiger charge is 2.29. The molecule has 3 N–H and O–H groups in total. The van der Waals surface area contributed by atoms with Crippen molar-refractivity contribution in [1.82, 2.24) is 4.90 Å². The van der Waals surface area contributed by atoms with E-state index >= 15 is 0 Å². The Hall–Kier alpha value is -0.430. The van der Waals surface area contributed by atoms with Crippen LogP contribution < -0.4 is 11.1 Å². The summed E-state index contributed by atoms with van der Waals surface area (Å²) < 4.78 is 1.84. The molecular formula is C14H19Br2N3O. The number of carbonyl (C=O) groups excluding carboxylic acids is 1. The molecule has 1 aromatic carbocycles. The first-order chi connectivity index (χ1) is 9.49. The second-order valence-corrected chi connectivity index (χ2v) is 7.06. The van der Waals surface area contributed by atoms with E-state index in [0.29, 0.717) is 25.0 Å². The zero-order valence-electron chi connectivity index (χ0n) is 11.4. The van der Waals surface area contributed by atoms with Gasteiger partial charge in [-0.25, -0.2) is 0 Å². The van der Waals surface area contributed by atoms with Gasteiger partial charge in [-0.2, -0.15) is 0 Å². The molecule has 0 saturated carbocycles. The van der Waals surface area contributed by atoms with Crippen LogP contribution in [0.25, 0.3) is 0 Å². The predicted octanol–water partition coefficient (Wildman–Crippen LogP) is 2.82. The smallest absolute Gasteiger partial charge is 0.238 e. The number of rotatable bonds is 4. The SMILES string of the molecule is CC1CC(CN)CN1CC(=O)Nc1ccc(Br)cc1Br. The number of hydrogen-bond donors (Lipinski definition) is 2. The molecule has 2 unspecified atom stereocenters. The average molecular weight is 405 g/mol. The fraction of sp³-hybridized carbons (Fsp3) is 0.500. The van der Waals surface area contributed by atoms with Crippen LogP contribution in [-0.2, 0) is 4.79 Å². The summed E-state index contributed by atoms with van der Waals surface area (Å²) in [6, 6.07) is 6.12. The second kappa shape index (κ2) is 7.02. The average Bonchev–Trinajstić information content (AvgIpc) is 2.74. The molecule has 20 heavy (non-hydrogen) atoms. The van der Waals surface area contributed by atoms with Gasteiger partial charge < -0.3 is 11.1 Å². The number of nitrogens with two attached hydrogens (primary N) is 1. The van der Waals surface area contributed by atoms with Crippen LogP contribution >= 0.6 is 31.9 Å². The molecule has 110 valence electrons. The topological polar surface area (TPSA) is 58.4 Å². The molecule has 6 heteroatoms. The lowest BCUT2D eigenvalue weighted by atomic mass is 10.1. The van der Waals surface area contributed by atoms with Gasteiger partial charge in [0.15, 0.2) is 0 Å². The van der Waals surface area contributed by atoms with Gasteiger partial charge in [-0.3, -0.25) is 9.69 Å². The highest BCUT2D eigenvalue weighted by Crippen LogP contribution is 2.26. The van der Waals surface area contributed by atoms with Gasteiger partial charge in [-0.1, -0.05) is 15.9 Å². The van der Waals surface area contributed by atoms with Crippen LogP contribution in [0.3, 0.4) is 0 Å². The van der Waals surface area contributed by atoms with E-state index in [-0.39, 0.29) is 5.91 Å². The summed E-state index contributed by atoms with van der Waals surface area (Å²) in [4.78, 5) is 14.3. The lowest BCUT2D eigenvalue weighted by molar-refractivity contribution is -0.117.